The van der Waals surface area contributed by atoms with E-state index in [4.69, 9.17) is 0 Å². The van der Waals surface area contributed by atoms with Gasteiger partial charge in [-0.3, -0.25) is 9.59 Å². The second kappa shape index (κ2) is 8.33. The molecule has 2 N–H and O–H groups in total. The van der Waals surface area contributed by atoms with Crippen LogP contribution >= 0.6 is 0 Å². The third-order valence-corrected chi connectivity index (χ3v) is 7.63. The second-order valence-corrected chi connectivity index (χ2v) is 9.95. The van der Waals surface area contributed by atoms with Crippen LogP contribution < -0.4 is 5.32 Å². The van der Waals surface area contributed by atoms with Gasteiger partial charge in [0, 0.05) is 54.0 Å². The minimum atomic E-state index is -4.43. The molecule has 180 valence electrons. The van der Waals surface area contributed by atoms with Crippen molar-refractivity contribution >= 4 is 22.7 Å². The van der Waals surface area contributed by atoms with Crippen LogP contribution in [-0.2, 0) is 28.7 Å². The Labute approximate surface area is 195 Å². The van der Waals surface area contributed by atoms with Gasteiger partial charge in [0.15, 0.2) is 0 Å². The van der Waals surface area contributed by atoms with Gasteiger partial charge in [-0.1, -0.05) is 12.8 Å². The molecule has 34 heavy (non-hydrogen) atoms. The predicted octanol–water partition coefficient (Wildman–Crippen LogP) is 4.44. The molecule has 1 aromatic heterocycles. The first-order chi connectivity index (χ1) is 16.2. The summed E-state index contributed by atoms with van der Waals surface area (Å²) in [7, 11) is 0. The average Bonchev–Trinajstić information content (AvgIpc) is 3.48. The number of nitrogens with one attached hydrogen (secondary N) is 2. The highest BCUT2D eigenvalue weighted by molar-refractivity contribution is 5.87. The quantitative estimate of drug-likeness (QED) is 0.690. The van der Waals surface area contributed by atoms with Crippen molar-refractivity contribution in [2.45, 2.75) is 69.6 Å². The molecule has 2 amide bonds. The molecule has 0 unspecified atom stereocenters. The minimum Gasteiger partial charge on any atom is -0.358 e. The molecule has 0 spiro atoms. The molecule has 6 nitrogen and oxygen atoms in total. The number of fused-ring (bicyclic) bond motifs is 3. The van der Waals surface area contributed by atoms with Crippen LogP contribution in [0.3, 0.4) is 0 Å². The molecule has 2 aromatic rings. The molecule has 2 aliphatic carbocycles. The summed E-state index contributed by atoms with van der Waals surface area (Å²) in [6.45, 7) is 0.764. The van der Waals surface area contributed by atoms with Gasteiger partial charge in [-0.05, 0) is 49.8 Å². The molecule has 2 saturated carbocycles. The first-order valence-electron chi connectivity index (χ1n) is 11.9. The topological polar surface area (TPSA) is 89.0 Å². The summed E-state index contributed by atoms with van der Waals surface area (Å²) >= 11 is 0. The molecule has 2 heterocycles. The summed E-state index contributed by atoms with van der Waals surface area (Å²) in [4.78, 5) is 31.1. The Bertz CT molecular complexity index is 1180. The van der Waals surface area contributed by atoms with Crippen molar-refractivity contribution in [2.75, 3.05) is 6.54 Å². The van der Waals surface area contributed by atoms with Gasteiger partial charge in [-0.15, -0.1) is 0 Å². The molecule has 0 radical (unpaired) electrons. The number of hydrogen-bond acceptors (Lipinski definition) is 3. The highest BCUT2D eigenvalue weighted by Crippen LogP contribution is 2.39. The van der Waals surface area contributed by atoms with Gasteiger partial charge in [0.1, 0.15) is 5.54 Å². The smallest absolute Gasteiger partial charge is 0.358 e. The first kappa shape index (κ1) is 22.8. The summed E-state index contributed by atoms with van der Waals surface area (Å²) in [5.74, 6) is -0.571. The van der Waals surface area contributed by atoms with Crippen LogP contribution in [-0.4, -0.2) is 33.8 Å². The molecule has 2 fully saturated rings. The maximum Gasteiger partial charge on any atom is 0.416 e. The molecule has 9 heteroatoms. The molecule has 5 rings (SSSR count). The predicted molar refractivity (Wildman–Crippen MR) is 118 cm³/mol. The van der Waals surface area contributed by atoms with E-state index in [1.165, 1.54) is 6.07 Å². The van der Waals surface area contributed by atoms with Gasteiger partial charge >= 0.3 is 6.18 Å². The number of benzene rings is 1. The van der Waals surface area contributed by atoms with E-state index < -0.39 is 17.3 Å². The second-order valence-electron chi connectivity index (χ2n) is 9.95. The third kappa shape index (κ3) is 4.26. The van der Waals surface area contributed by atoms with Crippen molar-refractivity contribution in [1.29, 1.82) is 5.26 Å². The van der Waals surface area contributed by atoms with E-state index in [0.29, 0.717) is 43.1 Å². The van der Waals surface area contributed by atoms with Gasteiger partial charge in [-0.25, -0.2) is 0 Å². The van der Waals surface area contributed by atoms with Crippen LogP contribution in [0.1, 0.15) is 61.8 Å². The number of carbonyl (C=O) groups excluding carboxylic acids is 2. The Morgan fingerprint density at radius 1 is 1.24 bits per heavy atom. The standard InChI is InChI=1S/C25H27F3N4O2/c26-25(27,28)16-5-6-20-18(12-16)19-13-32(10-7-21(19)30-20)23(34)17-4-2-1-3-15(17)11-22(33)31-24(14-29)8-9-24/h5-6,12,15,17,30H,1-4,7-11,13H2,(H,31,33)/t15-,17-/m1/s1. The molecular formula is C25H27F3N4O2. The molecule has 2 atom stereocenters. The first-order valence-corrected chi connectivity index (χ1v) is 11.9. The number of H-pyrrole nitrogens is 1. The van der Waals surface area contributed by atoms with E-state index in [9.17, 15) is 28.0 Å². The monoisotopic (exact) mass is 472 g/mol. The van der Waals surface area contributed by atoms with Gasteiger partial charge in [-0.2, -0.15) is 18.4 Å². The Kier molecular flexibility index (Phi) is 5.58. The molecular weight excluding hydrogens is 445 g/mol. The fraction of sp³-hybridized carbons (Fsp3) is 0.560. The number of halogens is 3. The van der Waals surface area contributed by atoms with E-state index in [1.54, 1.807) is 4.90 Å². The number of amides is 2. The highest BCUT2D eigenvalue weighted by Gasteiger charge is 2.45. The maximum atomic E-state index is 13.5. The van der Waals surface area contributed by atoms with E-state index in [1.807, 2.05) is 0 Å². The lowest BCUT2D eigenvalue weighted by atomic mass is 9.76. The zero-order valence-corrected chi connectivity index (χ0v) is 18.8. The average molecular weight is 473 g/mol. The van der Waals surface area contributed by atoms with Crippen LogP contribution in [0.4, 0.5) is 13.2 Å². The molecule has 1 aliphatic heterocycles. The minimum absolute atomic E-state index is 0.0223. The SMILES string of the molecule is N#CC1(NC(=O)C[C@H]2CCCC[C@H]2C(=O)N2CCc3[nH]c4ccc(C(F)(F)F)cc4c3C2)CC1. The van der Waals surface area contributed by atoms with Gasteiger partial charge < -0.3 is 15.2 Å². The summed E-state index contributed by atoms with van der Waals surface area (Å²) in [5, 5.41) is 12.6. The van der Waals surface area contributed by atoms with E-state index >= 15 is 0 Å². The number of carbonyl (C=O) groups is 2. The largest absolute Gasteiger partial charge is 0.416 e. The molecule has 3 aliphatic rings. The summed E-state index contributed by atoms with van der Waals surface area (Å²) in [6, 6.07) is 5.85. The van der Waals surface area contributed by atoms with Crippen LogP contribution in [0.5, 0.6) is 0 Å². The zero-order chi connectivity index (χ0) is 24.1. The normalized spacial score (nSPS) is 23.8. The maximum absolute atomic E-state index is 13.5. The van der Waals surface area contributed by atoms with Gasteiger partial charge in [0.25, 0.3) is 0 Å². The van der Waals surface area contributed by atoms with Crippen molar-refractivity contribution in [3.05, 3.63) is 35.0 Å². The van der Waals surface area contributed by atoms with Crippen LogP contribution in [0, 0.1) is 23.2 Å². The summed E-state index contributed by atoms with van der Waals surface area (Å²) < 4.78 is 39.8. The number of nitriles is 1. The Balaban J connectivity index is 1.32. The Hall–Kier alpha value is -3.02. The fourth-order valence-electron chi connectivity index (χ4n) is 5.54. The molecule has 1 aromatic carbocycles. The van der Waals surface area contributed by atoms with Crippen molar-refractivity contribution < 1.29 is 22.8 Å². The van der Waals surface area contributed by atoms with Crippen LogP contribution in [0.25, 0.3) is 10.9 Å². The van der Waals surface area contributed by atoms with Crippen molar-refractivity contribution in [1.82, 2.24) is 15.2 Å². The summed E-state index contributed by atoms with van der Waals surface area (Å²) in [6.07, 6.45) is 1.04. The van der Waals surface area contributed by atoms with E-state index in [0.717, 1.165) is 42.7 Å². The van der Waals surface area contributed by atoms with Crippen LogP contribution in [0.2, 0.25) is 0 Å². The van der Waals surface area contributed by atoms with Crippen molar-refractivity contribution in [3.63, 3.8) is 0 Å². The molecule has 0 bridgehead atoms. The van der Waals surface area contributed by atoms with E-state index in [2.05, 4.69) is 16.4 Å². The highest BCUT2D eigenvalue weighted by atomic mass is 19.4. The van der Waals surface area contributed by atoms with Crippen LogP contribution in [0.15, 0.2) is 18.2 Å². The number of aromatic nitrogens is 1. The third-order valence-electron chi connectivity index (χ3n) is 7.63. The molecule has 0 saturated heterocycles. The van der Waals surface area contributed by atoms with E-state index in [-0.39, 0.29) is 36.6 Å². The summed E-state index contributed by atoms with van der Waals surface area (Å²) in [5.41, 5.74) is 0.846. The zero-order valence-electron chi connectivity index (χ0n) is 18.8. The Morgan fingerprint density at radius 2 is 2.00 bits per heavy atom. The number of nitrogens with zero attached hydrogens (tertiary/aromatic N) is 2. The number of rotatable bonds is 4. The lowest BCUT2D eigenvalue weighted by Crippen LogP contribution is -2.44. The Morgan fingerprint density at radius 3 is 2.71 bits per heavy atom. The number of hydrogen-bond donors (Lipinski definition) is 2. The number of alkyl halides is 3. The lowest BCUT2D eigenvalue weighted by Gasteiger charge is -2.36. The lowest BCUT2D eigenvalue weighted by molar-refractivity contribution is -0.140. The fourth-order valence-corrected chi connectivity index (χ4v) is 5.54. The van der Waals surface area contributed by atoms with Gasteiger partial charge in [0.05, 0.1) is 11.6 Å². The van der Waals surface area contributed by atoms with Crippen molar-refractivity contribution in [2.24, 2.45) is 11.8 Å². The van der Waals surface area contributed by atoms with Gasteiger partial charge in [0.2, 0.25) is 11.8 Å². The van der Waals surface area contributed by atoms with Crippen molar-refractivity contribution in [3.8, 4) is 6.07 Å². The number of aromatic amines is 1.